The Morgan fingerprint density at radius 2 is 0.474 bits per heavy atom. The van der Waals surface area contributed by atoms with Crippen molar-refractivity contribution < 1.29 is 0 Å². The molecule has 14 aromatic rings. The van der Waals surface area contributed by atoms with E-state index in [1.54, 1.807) is 0 Å². The largest absolute Gasteiger partial charge is 0.310 e. The fourth-order valence-corrected chi connectivity index (χ4v) is 16.9. The van der Waals surface area contributed by atoms with Crippen LogP contribution >= 0.6 is 0 Å². The van der Waals surface area contributed by atoms with Crippen LogP contribution in [0.2, 0.25) is 0 Å². The van der Waals surface area contributed by atoms with Crippen molar-refractivity contribution in [2.45, 2.75) is 43.9 Å². The minimum Gasteiger partial charge on any atom is -0.310 e. The molecule has 0 fully saturated rings. The molecule has 0 N–H and O–H groups in total. The Morgan fingerprint density at radius 3 is 0.804 bits per heavy atom. The molecule has 0 bridgehead atoms. The fraction of sp³-hybridized carbons (Fsp3) is 0.0737. The van der Waals surface area contributed by atoms with Gasteiger partial charge >= 0.3 is 0 Å². The highest BCUT2D eigenvalue weighted by Crippen LogP contribution is 2.65. The maximum Gasteiger partial charge on any atom is 0.0727 e. The smallest absolute Gasteiger partial charge is 0.0727 e. The van der Waals surface area contributed by atoms with E-state index in [0.717, 1.165) is 56.4 Å². The van der Waals surface area contributed by atoms with Crippen LogP contribution in [0.4, 0.5) is 34.1 Å². The van der Waals surface area contributed by atoms with E-state index in [-0.39, 0.29) is 10.8 Å². The second-order valence-electron chi connectivity index (χ2n) is 27.7. The summed E-state index contributed by atoms with van der Waals surface area (Å²) in [6.45, 7) is 17.5. The fourth-order valence-electron chi connectivity index (χ4n) is 16.9. The molecule has 18 rings (SSSR count). The van der Waals surface area contributed by atoms with Crippen LogP contribution in [0.25, 0.3) is 101 Å². The number of rotatable bonds is 12. The van der Waals surface area contributed by atoms with Crippen LogP contribution in [0.1, 0.15) is 83.3 Å². The van der Waals surface area contributed by atoms with E-state index >= 15 is 0 Å². The Hall–Kier alpha value is -11.8. The monoisotopic (exact) mass is 1240 g/mol. The third kappa shape index (κ3) is 8.93. The van der Waals surface area contributed by atoms with E-state index in [1.165, 1.54) is 122 Å². The third-order valence-electron chi connectivity index (χ3n) is 21.8. The Bertz CT molecular complexity index is 5200. The SMILES string of the molecule is C=Cc1ccc(-c2cccc(-c3ccc(N(c4ccc5c(c4)C(C)(C)c4ccccc4-5)c4ccc5c(c4)C4(c6ccccc6-5)c5ccccc5-c5ccc(N(c6ccc(-c7cccc(-c8ccc(C=C)cc8)c7)cc6)c6ccc7c(c6)C(C)(C)c6ccccc6-7)cc54)cc3)c2)cc1. The molecule has 4 aliphatic carbocycles. The highest BCUT2D eigenvalue weighted by Gasteiger charge is 2.52. The number of hydrogen-bond acceptors (Lipinski definition) is 2. The molecule has 97 heavy (non-hydrogen) atoms. The lowest BCUT2D eigenvalue weighted by Crippen LogP contribution is -2.26. The standard InChI is InChI=1S/C95H70N2/c1-7-61-31-35-63(36-32-61)67-19-17-21-69(55-67)65-39-43-71(44-40-65)96(73-47-51-81-77-23-9-13-27-85(77)93(3,4)89(81)57-73)75-49-53-83-79-25-11-15-29-87(79)95(91(83)59-75)88-30-16-12-26-80(88)84-54-50-76(60-92(84)95)97(74-48-52-82-78-24-10-14-28-86(78)94(5,6)90(82)58-74)72-45-41-66(42-46-72)70-22-18-20-68(56-70)64-37-33-62(8-2)34-38-64/h7-60H,1-2H2,3-6H3. The first kappa shape index (κ1) is 57.8. The Kier molecular flexibility index (Phi) is 13.2. The lowest BCUT2D eigenvalue weighted by molar-refractivity contribution is 0.660. The van der Waals surface area contributed by atoms with E-state index < -0.39 is 5.41 Å². The Balaban J connectivity index is 0.806. The second kappa shape index (κ2) is 22.1. The van der Waals surface area contributed by atoms with Crippen molar-refractivity contribution in [3.8, 4) is 89.0 Å². The summed E-state index contributed by atoms with van der Waals surface area (Å²) in [5.41, 5.74) is 37.9. The molecule has 0 aliphatic heterocycles. The molecule has 0 saturated carbocycles. The molecule has 14 aromatic carbocycles. The lowest BCUT2D eigenvalue weighted by Gasteiger charge is -2.34. The van der Waals surface area contributed by atoms with Crippen LogP contribution in [0.15, 0.2) is 329 Å². The van der Waals surface area contributed by atoms with Crippen LogP contribution in [0.3, 0.4) is 0 Å². The summed E-state index contributed by atoms with van der Waals surface area (Å²) in [6.07, 6.45) is 3.79. The van der Waals surface area contributed by atoms with Crippen molar-refractivity contribution in [1.29, 1.82) is 0 Å². The van der Waals surface area contributed by atoms with Gasteiger partial charge in [-0.1, -0.05) is 284 Å². The molecule has 0 saturated heterocycles. The number of fused-ring (bicyclic) bond motifs is 16. The first-order valence-electron chi connectivity index (χ1n) is 33.9. The maximum absolute atomic E-state index is 3.98. The van der Waals surface area contributed by atoms with Crippen LogP contribution in [0.5, 0.6) is 0 Å². The van der Waals surface area contributed by atoms with Gasteiger partial charge in [0.15, 0.2) is 0 Å². The van der Waals surface area contributed by atoms with Crippen LogP contribution in [0, 0.1) is 0 Å². The van der Waals surface area contributed by atoms with Gasteiger partial charge in [0.05, 0.1) is 5.41 Å². The molecule has 0 unspecified atom stereocenters. The number of hydrogen-bond donors (Lipinski definition) is 0. The van der Waals surface area contributed by atoms with Gasteiger partial charge in [0.1, 0.15) is 0 Å². The minimum atomic E-state index is -0.674. The molecule has 2 nitrogen and oxygen atoms in total. The van der Waals surface area contributed by atoms with Gasteiger partial charge in [-0.2, -0.15) is 0 Å². The zero-order valence-electron chi connectivity index (χ0n) is 55.0. The Morgan fingerprint density at radius 1 is 0.216 bits per heavy atom. The molecule has 0 atom stereocenters. The van der Waals surface area contributed by atoms with Crippen molar-refractivity contribution in [1.82, 2.24) is 0 Å². The van der Waals surface area contributed by atoms with Gasteiger partial charge in [-0.25, -0.2) is 0 Å². The molecule has 0 amide bonds. The highest BCUT2D eigenvalue weighted by atomic mass is 15.1. The van der Waals surface area contributed by atoms with Crippen LogP contribution in [-0.2, 0) is 16.2 Å². The van der Waals surface area contributed by atoms with Crippen molar-refractivity contribution >= 4 is 46.3 Å². The summed E-state index contributed by atoms with van der Waals surface area (Å²) in [4.78, 5) is 5.01. The molecular weight excluding hydrogens is 1170 g/mol. The molecule has 4 aliphatic rings. The molecule has 2 heteroatoms. The molecule has 0 aromatic heterocycles. The van der Waals surface area contributed by atoms with Crippen molar-refractivity contribution in [3.05, 3.63) is 384 Å². The number of nitrogens with zero attached hydrogens (tertiary/aromatic N) is 2. The summed E-state index contributed by atoms with van der Waals surface area (Å²) in [5, 5.41) is 0. The number of anilines is 6. The summed E-state index contributed by atoms with van der Waals surface area (Å²) in [5.74, 6) is 0. The highest BCUT2D eigenvalue weighted by molar-refractivity contribution is 5.99. The van der Waals surface area contributed by atoms with Crippen molar-refractivity contribution in [3.63, 3.8) is 0 Å². The summed E-state index contributed by atoms with van der Waals surface area (Å²) in [6, 6.07) is 119. The van der Waals surface area contributed by atoms with Crippen molar-refractivity contribution in [2.75, 3.05) is 9.80 Å². The summed E-state index contributed by atoms with van der Waals surface area (Å²) >= 11 is 0. The van der Waals surface area contributed by atoms with Gasteiger partial charge in [0, 0.05) is 45.0 Å². The second-order valence-corrected chi connectivity index (χ2v) is 27.7. The summed E-state index contributed by atoms with van der Waals surface area (Å²) in [7, 11) is 0. The van der Waals surface area contributed by atoms with Gasteiger partial charge < -0.3 is 9.80 Å². The quantitative estimate of drug-likeness (QED) is 0.120. The zero-order chi connectivity index (χ0) is 65.3. The third-order valence-corrected chi connectivity index (χ3v) is 21.8. The van der Waals surface area contributed by atoms with E-state index in [2.05, 4.69) is 366 Å². The van der Waals surface area contributed by atoms with Gasteiger partial charge in [-0.15, -0.1) is 0 Å². The van der Waals surface area contributed by atoms with Crippen molar-refractivity contribution in [2.24, 2.45) is 0 Å². The first-order valence-corrected chi connectivity index (χ1v) is 33.9. The van der Waals surface area contributed by atoms with Gasteiger partial charge in [0.2, 0.25) is 0 Å². The van der Waals surface area contributed by atoms with Gasteiger partial charge in [-0.05, 0) is 230 Å². The maximum atomic E-state index is 3.98. The lowest BCUT2D eigenvalue weighted by atomic mass is 9.70. The normalized spacial score (nSPS) is 13.9. The summed E-state index contributed by atoms with van der Waals surface area (Å²) < 4.78 is 0. The molecule has 0 heterocycles. The van der Waals surface area contributed by atoms with Crippen LogP contribution in [-0.4, -0.2) is 0 Å². The predicted molar refractivity (Wildman–Crippen MR) is 409 cm³/mol. The van der Waals surface area contributed by atoms with E-state index in [4.69, 9.17) is 0 Å². The van der Waals surface area contributed by atoms with E-state index in [0.29, 0.717) is 0 Å². The molecule has 460 valence electrons. The van der Waals surface area contributed by atoms with Crippen LogP contribution < -0.4 is 9.80 Å². The number of benzene rings is 14. The topological polar surface area (TPSA) is 6.48 Å². The molecule has 1 spiro atoms. The van der Waals surface area contributed by atoms with Gasteiger partial charge in [-0.3, -0.25) is 0 Å². The first-order chi connectivity index (χ1) is 47.5. The molecular formula is C95H70N2. The van der Waals surface area contributed by atoms with E-state index in [9.17, 15) is 0 Å². The predicted octanol–water partition coefficient (Wildman–Crippen LogP) is 25.5. The Labute approximate surface area is 569 Å². The van der Waals surface area contributed by atoms with Gasteiger partial charge in [0.25, 0.3) is 0 Å². The zero-order valence-corrected chi connectivity index (χ0v) is 55.0. The minimum absolute atomic E-state index is 0.199. The van der Waals surface area contributed by atoms with E-state index in [1.807, 2.05) is 12.2 Å². The average Bonchev–Trinajstić information content (AvgIpc) is 1.52. The molecule has 0 radical (unpaired) electrons. The average molecular weight is 1240 g/mol.